The van der Waals surface area contributed by atoms with Crippen molar-refractivity contribution in [3.63, 3.8) is 0 Å². The summed E-state index contributed by atoms with van der Waals surface area (Å²) >= 11 is 0. The number of hydrogen-bond donors (Lipinski definition) is 2. The molecule has 0 aliphatic carbocycles. The Balaban J connectivity index is 2.18. The Hall–Kier alpha value is -3.08. The topological polar surface area (TPSA) is 75.6 Å². The van der Waals surface area contributed by atoms with Crippen LogP contribution in [-0.4, -0.2) is 24.1 Å². The monoisotopic (exact) mass is 297 g/mol. The van der Waals surface area contributed by atoms with Gasteiger partial charge in [-0.2, -0.15) is 0 Å². The van der Waals surface area contributed by atoms with E-state index in [9.17, 15) is 9.59 Å². The summed E-state index contributed by atoms with van der Waals surface area (Å²) in [5.74, 6) is -0.831. The molecule has 0 aromatic heterocycles. The molecule has 2 rings (SSSR count). The number of nitrogens with one attached hydrogen (secondary N) is 1. The van der Waals surface area contributed by atoms with Gasteiger partial charge in [-0.05, 0) is 35.9 Å². The van der Waals surface area contributed by atoms with Gasteiger partial charge in [-0.25, -0.2) is 4.79 Å². The summed E-state index contributed by atoms with van der Waals surface area (Å²) in [6.45, 7) is 0. The summed E-state index contributed by atoms with van der Waals surface area (Å²) in [5.41, 5.74) is 1.68. The highest BCUT2D eigenvalue weighted by atomic mass is 16.5. The van der Waals surface area contributed by atoms with E-state index in [1.54, 1.807) is 48.5 Å². The van der Waals surface area contributed by atoms with Crippen molar-refractivity contribution in [2.45, 2.75) is 0 Å². The fraction of sp³-hybridized carbons (Fsp3) is 0.0588. The van der Waals surface area contributed by atoms with Gasteiger partial charge in [0.05, 0.1) is 12.7 Å². The number of rotatable bonds is 5. The molecule has 5 nitrogen and oxygen atoms in total. The average molecular weight is 297 g/mol. The quantitative estimate of drug-likeness (QED) is 0.832. The van der Waals surface area contributed by atoms with Crippen molar-refractivity contribution in [3.05, 3.63) is 65.7 Å². The van der Waals surface area contributed by atoms with E-state index in [1.807, 2.05) is 0 Å². The summed E-state index contributed by atoms with van der Waals surface area (Å²) in [4.78, 5) is 22.8. The van der Waals surface area contributed by atoms with E-state index in [2.05, 4.69) is 5.32 Å². The first-order valence-electron chi connectivity index (χ1n) is 6.55. The van der Waals surface area contributed by atoms with E-state index in [0.29, 0.717) is 22.6 Å². The lowest BCUT2D eigenvalue weighted by Gasteiger charge is -2.09. The molecule has 0 unspecified atom stereocenters. The van der Waals surface area contributed by atoms with Crippen LogP contribution in [0.2, 0.25) is 0 Å². The number of para-hydroxylation sites is 1. The number of hydrogen-bond acceptors (Lipinski definition) is 3. The first kappa shape index (κ1) is 15.3. The number of carbonyl (C=O) groups excluding carboxylic acids is 1. The predicted molar refractivity (Wildman–Crippen MR) is 84.1 cm³/mol. The van der Waals surface area contributed by atoms with Crippen LogP contribution < -0.4 is 10.1 Å². The van der Waals surface area contributed by atoms with Gasteiger partial charge in [0.1, 0.15) is 5.75 Å². The smallest absolute Gasteiger partial charge is 0.328 e. The Bertz CT molecular complexity index is 722. The molecule has 0 fully saturated rings. The van der Waals surface area contributed by atoms with Crippen LogP contribution in [0.25, 0.3) is 6.08 Å². The minimum atomic E-state index is -1.02. The maximum atomic E-state index is 12.3. The van der Waals surface area contributed by atoms with Crippen LogP contribution in [0.1, 0.15) is 15.9 Å². The zero-order valence-corrected chi connectivity index (χ0v) is 11.9. The highest BCUT2D eigenvalue weighted by molar-refractivity contribution is 6.06. The lowest BCUT2D eigenvalue weighted by molar-refractivity contribution is -0.131. The van der Waals surface area contributed by atoms with Gasteiger partial charge < -0.3 is 15.2 Å². The zero-order chi connectivity index (χ0) is 15.9. The van der Waals surface area contributed by atoms with Crippen molar-refractivity contribution >= 4 is 23.6 Å². The Kier molecular flexibility index (Phi) is 4.93. The van der Waals surface area contributed by atoms with Gasteiger partial charge in [0.25, 0.3) is 5.91 Å². The van der Waals surface area contributed by atoms with E-state index < -0.39 is 5.97 Å². The second kappa shape index (κ2) is 7.08. The lowest BCUT2D eigenvalue weighted by atomic mass is 10.1. The number of carboxylic acid groups (broad SMARTS) is 1. The van der Waals surface area contributed by atoms with Crippen molar-refractivity contribution < 1.29 is 19.4 Å². The van der Waals surface area contributed by atoms with Crippen LogP contribution in [0.3, 0.4) is 0 Å². The second-order valence-corrected chi connectivity index (χ2v) is 4.45. The largest absolute Gasteiger partial charge is 0.496 e. The third kappa shape index (κ3) is 3.96. The van der Waals surface area contributed by atoms with Gasteiger partial charge in [-0.1, -0.05) is 24.3 Å². The van der Waals surface area contributed by atoms with Gasteiger partial charge in [0, 0.05) is 11.8 Å². The molecule has 0 saturated carbocycles. The van der Waals surface area contributed by atoms with E-state index in [4.69, 9.17) is 9.84 Å². The van der Waals surface area contributed by atoms with E-state index in [0.717, 1.165) is 6.08 Å². The molecule has 2 aromatic carbocycles. The number of amides is 1. The van der Waals surface area contributed by atoms with E-state index >= 15 is 0 Å². The van der Waals surface area contributed by atoms with E-state index in [1.165, 1.54) is 13.2 Å². The number of methoxy groups -OCH3 is 1. The Morgan fingerprint density at radius 1 is 1.14 bits per heavy atom. The number of ether oxygens (including phenoxy) is 1. The maximum Gasteiger partial charge on any atom is 0.328 e. The van der Waals surface area contributed by atoms with Crippen LogP contribution in [0.5, 0.6) is 5.75 Å². The van der Waals surface area contributed by atoms with E-state index in [-0.39, 0.29) is 5.91 Å². The van der Waals surface area contributed by atoms with Crippen molar-refractivity contribution in [2.24, 2.45) is 0 Å². The Morgan fingerprint density at radius 3 is 2.64 bits per heavy atom. The van der Waals surface area contributed by atoms with Gasteiger partial charge >= 0.3 is 5.97 Å². The number of aliphatic carboxylic acids is 1. The van der Waals surface area contributed by atoms with Crippen molar-refractivity contribution in [1.29, 1.82) is 0 Å². The van der Waals surface area contributed by atoms with Gasteiger partial charge in [-0.3, -0.25) is 4.79 Å². The normalized spacial score (nSPS) is 10.4. The Labute approximate surface area is 127 Å². The maximum absolute atomic E-state index is 12.3. The molecule has 22 heavy (non-hydrogen) atoms. The molecule has 0 spiro atoms. The molecule has 2 aromatic rings. The molecule has 0 heterocycles. The van der Waals surface area contributed by atoms with Crippen molar-refractivity contribution in [3.8, 4) is 5.75 Å². The summed E-state index contributed by atoms with van der Waals surface area (Å²) in [6, 6.07) is 13.8. The summed E-state index contributed by atoms with van der Waals surface area (Å²) in [5, 5.41) is 11.4. The predicted octanol–water partition coefficient (Wildman–Crippen LogP) is 3.05. The summed E-state index contributed by atoms with van der Waals surface area (Å²) < 4.78 is 5.16. The molecule has 1 amide bonds. The number of anilines is 1. The first-order chi connectivity index (χ1) is 10.6. The highest BCUT2D eigenvalue weighted by Gasteiger charge is 2.11. The molecule has 5 heteroatoms. The third-order valence-electron chi connectivity index (χ3n) is 2.91. The SMILES string of the molecule is COc1ccccc1C(=O)Nc1cccc(C=CC(=O)O)c1. The third-order valence-corrected chi connectivity index (χ3v) is 2.91. The minimum Gasteiger partial charge on any atom is -0.496 e. The summed E-state index contributed by atoms with van der Waals surface area (Å²) in [6.07, 6.45) is 2.50. The minimum absolute atomic E-state index is 0.295. The zero-order valence-electron chi connectivity index (χ0n) is 11.9. The van der Waals surface area contributed by atoms with Gasteiger partial charge in [-0.15, -0.1) is 0 Å². The average Bonchev–Trinajstić information content (AvgIpc) is 2.53. The Morgan fingerprint density at radius 2 is 1.91 bits per heavy atom. The van der Waals surface area contributed by atoms with Crippen LogP contribution >= 0.6 is 0 Å². The molecule has 0 aliphatic heterocycles. The molecule has 0 atom stereocenters. The standard InChI is InChI=1S/C17H15NO4/c1-22-15-8-3-2-7-14(15)17(21)18-13-6-4-5-12(11-13)9-10-16(19)20/h2-11H,1H3,(H,18,21)(H,19,20). The van der Waals surface area contributed by atoms with Crippen LogP contribution in [0, 0.1) is 0 Å². The second-order valence-electron chi connectivity index (χ2n) is 4.45. The first-order valence-corrected chi connectivity index (χ1v) is 6.55. The highest BCUT2D eigenvalue weighted by Crippen LogP contribution is 2.19. The molecule has 0 radical (unpaired) electrons. The molecule has 0 saturated heterocycles. The fourth-order valence-electron chi connectivity index (χ4n) is 1.92. The number of carbonyl (C=O) groups is 2. The van der Waals surface area contributed by atoms with Gasteiger partial charge in [0.15, 0.2) is 0 Å². The fourth-order valence-corrected chi connectivity index (χ4v) is 1.92. The molecule has 2 N–H and O–H groups in total. The number of benzene rings is 2. The molecule has 0 aliphatic rings. The molecular weight excluding hydrogens is 282 g/mol. The summed E-state index contributed by atoms with van der Waals surface area (Å²) in [7, 11) is 1.50. The van der Waals surface area contributed by atoms with Crippen molar-refractivity contribution in [1.82, 2.24) is 0 Å². The van der Waals surface area contributed by atoms with Crippen LogP contribution in [-0.2, 0) is 4.79 Å². The van der Waals surface area contributed by atoms with Crippen LogP contribution in [0.4, 0.5) is 5.69 Å². The van der Waals surface area contributed by atoms with Crippen LogP contribution in [0.15, 0.2) is 54.6 Å². The molecule has 0 bridgehead atoms. The van der Waals surface area contributed by atoms with Gasteiger partial charge in [0.2, 0.25) is 0 Å². The molecule has 112 valence electrons. The number of carboxylic acids is 1. The lowest BCUT2D eigenvalue weighted by Crippen LogP contribution is -2.13. The molecular formula is C17H15NO4. The van der Waals surface area contributed by atoms with Crippen molar-refractivity contribution in [2.75, 3.05) is 12.4 Å².